The molecule has 4 rings (SSSR count). The monoisotopic (exact) mass is 495 g/mol. The Hall–Kier alpha value is -3.18. The number of alkyl halides is 3. The van der Waals surface area contributed by atoms with Gasteiger partial charge in [0.15, 0.2) is 0 Å². The number of nitrogens with zero attached hydrogens (tertiary/aromatic N) is 3. The molecule has 0 radical (unpaired) electrons. The zero-order chi connectivity index (χ0) is 24.9. The van der Waals surface area contributed by atoms with Gasteiger partial charge in [0.05, 0.1) is 11.1 Å². The van der Waals surface area contributed by atoms with Crippen LogP contribution >= 0.6 is 11.3 Å². The molecule has 1 saturated heterocycles. The number of carbonyl (C=O) groups excluding carboxylic acids is 1. The molecule has 11 heteroatoms. The van der Waals surface area contributed by atoms with Crippen molar-refractivity contribution in [1.82, 2.24) is 14.4 Å². The average molecular weight is 496 g/mol. The number of hydrogen-bond donors (Lipinski definition) is 1. The lowest BCUT2D eigenvalue weighted by molar-refractivity contribution is -0.192. The van der Waals surface area contributed by atoms with Crippen molar-refractivity contribution in [2.75, 3.05) is 32.7 Å². The fourth-order valence-corrected chi connectivity index (χ4v) is 4.35. The van der Waals surface area contributed by atoms with Crippen molar-refractivity contribution in [2.24, 2.45) is 7.05 Å². The molecular weight excluding hydrogens is 471 g/mol. The Kier molecular flexibility index (Phi) is 8.11. The van der Waals surface area contributed by atoms with Crippen LogP contribution in [0.25, 0.3) is 10.9 Å². The fourth-order valence-electron chi connectivity index (χ4n) is 3.66. The number of carboxylic acid groups (broad SMARTS) is 1. The van der Waals surface area contributed by atoms with E-state index in [0.717, 1.165) is 37.0 Å². The van der Waals surface area contributed by atoms with Gasteiger partial charge in [0.25, 0.3) is 11.5 Å². The lowest BCUT2D eigenvalue weighted by Gasteiger charge is -2.35. The summed E-state index contributed by atoms with van der Waals surface area (Å²) in [6.07, 6.45) is -4.02. The van der Waals surface area contributed by atoms with Crippen molar-refractivity contribution in [1.29, 1.82) is 0 Å². The van der Waals surface area contributed by atoms with Crippen molar-refractivity contribution >= 4 is 34.1 Å². The molecule has 1 fully saturated rings. The molecule has 182 valence electrons. The molecule has 1 aliphatic heterocycles. The highest BCUT2D eigenvalue weighted by atomic mass is 32.1. The molecule has 0 spiro atoms. The minimum atomic E-state index is -5.08. The number of carboxylic acids is 1. The normalized spacial score (nSPS) is 14.5. The number of amides is 1. The van der Waals surface area contributed by atoms with Gasteiger partial charge in [-0.05, 0) is 23.9 Å². The van der Waals surface area contributed by atoms with Crippen molar-refractivity contribution in [2.45, 2.75) is 12.6 Å². The number of hydrogen-bond acceptors (Lipinski definition) is 5. The molecule has 1 N–H and O–H groups in total. The maximum absolute atomic E-state index is 13.1. The standard InChI is InChI=1S/C21H23N3O2S.C2HF3O2/c1-22-19-7-3-2-6-17(19)18(15-20(22)25)21(26)24-12-10-23(11-13-24)9-8-16-5-4-14-27-16;3-2(4,5)1(6)7/h2-7,14-15H,8-13H2,1H3;(H,6,7). The van der Waals surface area contributed by atoms with Crippen molar-refractivity contribution in [3.8, 4) is 0 Å². The number of rotatable bonds is 4. The number of fused-ring (bicyclic) bond motifs is 1. The highest BCUT2D eigenvalue weighted by Gasteiger charge is 2.38. The van der Waals surface area contributed by atoms with Crippen LogP contribution < -0.4 is 5.56 Å². The van der Waals surface area contributed by atoms with E-state index < -0.39 is 12.1 Å². The Bertz CT molecular complexity index is 1200. The number of halogens is 3. The summed E-state index contributed by atoms with van der Waals surface area (Å²) in [6, 6.07) is 13.3. The predicted molar refractivity (Wildman–Crippen MR) is 123 cm³/mol. The largest absolute Gasteiger partial charge is 0.490 e. The van der Waals surface area contributed by atoms with Gasteiger partial charge in [-0.1, -0.05) is 24.3 Å². The molecule has 7 nitrogen and oxygen atoms in total. The molecule has 34 heavy (non-hydrogen) atoms. The van der Waals surface area contributed by atoms with Gasteiger partial charge in [-0.2, -0.15) is 13.2 Å². The van der Waals surface area contributed by atoms with Gasteiger partial charge in [0.1, 0.15) is 0 Å². The van der Waals surface area contributed by atoms with E-state index in [1.165, 1.54) is 10.9 Å². The quantitative estimate of drug-likeness (QED) is 0.601. The van der Waals surface area contributed by atoms with Gasteiger partial charge in [0, 0.05) is 56.1 Å². The van der Waals surface area contributed by atoms with E-state index in [9.17, 15) is 22.8 Å². The topological polar surface area (TPSA) is 82.9 Å². The van der Waals surface area contributed by atoms with Crippen LogP contribution in [0.1, 0.15) is 15.2 Å². The summed E-state index contributed by atoms with van der Waals surface area (Å²) in [6.45, 7) is 4.18. The second-order valence-corrected chi connectivity index (χ2v) is 8.77. The van der Waals surface area contributed by atoms with E-state index in [2.05, 4.69) is 22.4 Å². The van der Waals surface area contributed by atoms with E-state index >= 15 is 0 Å². The molecule has 0 unspecified atom stereocenters. The lowest BCUT2D eigenvalue weighted by atomic mass is 10.1. The summed E-state index contributed by atoms with van der Waals surface area (Å²) >= 11 is 1.80. The van der Waals surface area contributed by atoms with E-state index in [0.29, 0.717) is 18.7 Å². The number of carbonyl (C=O) groups is 2. The molecule has 3 aromatic rings. The number of aliphatic carboxylic acids is 1. The smallest absolute Gasteiger partial charge is 0.475 e. The molecule has 1 aliphatic rings. The molecule has 1 aromatic carbocycles. The minimum absolute atomic E-state index is 0.0400. The van der Waals surface area contributed by atoms with E-state index in [4.69, 9.17) is 9.90 Å². The molecule has 2 aromatic heterocycles. The van der Waals surface area contributed by atoms with Gasteiger partial charge in [-0.25, -0.2) is 4.79 Å². The van der Waals surface area contributed by atoms with Crippen LogP contribution in [-0.2, 0) is 18.3 Å². The Labute approximate surface area is 197 Å². The van der Waals surface area contributed by atoms with Gasteiger partial charge in [0.2, 0.25) is 0 Å². The second-order valence-electron chi connectivity index (χ2n) is 7.74. The van der Waals surface area contributed by atoms with Crippen LogP contribution in [0.4, 0.5) is 13.2 Å². The van der Waals surface area contributed by atoms with Crippen LogP contribution in [0.2, 0.25) is 0 Å². The van der Waals surface area contributed by atoms with Gasteiger partial charge in [-0.15, -0.1) is 11.3 Å². The third kappa shape index (κ3) is 6.23. The number of para-hydroxylation sites is 1. The van der Waals surface area contributed by atoms with Crippen LogP contribution in [0, 0.1) is 0 Å². The van der Waals surface area contributed by atoms with Gasteiger partial charge < -0.3 is 14.6 Å². The molecule has 0 atom stereocenters. The summed E-state index contributed by atoms with van der Waals surface area (Å²) < 4.78 is 33.3. The van der Waals surface area contributed by atoms with Gasteiger partial charge >= 0.3 is 12.1 Å². The Morgan fingerprint density at radius 1 is 1.06 bits per heavy atom. The number of aryl methyl sites for hydroxylation is 1. The number of thiophene rings is 1. The van der Waals surface area contributed by atoms with Crippen molar-refractivity contribution in [3.63, 3.8) is 0 Å². The molecule has 0 aliphatic carbocycles. The summed E-state index contributed by atoms with van der Waals surface area (Å²) in [5, 5.41) is 10.1. The fraction of sp³-hybridized carbons (Fsp3) is 0.348. The highest BCUT2D eigenvalue weighted by Crippen LogP contribution is 2.19. The minimum Gasteiger partial charge on any atom is -0.475 e. The lowest BCUT2D eigenvalue weighted by Crippen LogP contribution is -2.49. The number of aromatic nitrogens is 1. The molecule has 1 amide bonds. The first-order valence-corrected chi connectivity index (χ1v) is 11.4. The Balaban J connectivity index is 0.000000406. The zero-order valence-electron chi connectivity index (χ0n) is 18.4. The second kappa shape index (κ2) is 10.8. The third-order valence-corrected chi connectivity index (χ3v) is 6.48. The molecule has 0 bridgehead atoms. The predicted octanol–water partition coefficient (Wildman–Crippen LogP) is 3.23. The van der Waals surface area contributed by atoms with Crippen LogP contribution in [0.3, 0.4) is 0 Å². The Morgan fingerprint density at radius 3 is 2.29 bits per heavy atom. The average Bonchev–Trinajstić information content (AvgIpc) is 3.33. The number of piperazine rings is 1. The van der Waals surface area contributed by atoms with Gasteiger partial charge in [-0.3, -0.25) is 14.5 Å². The van der Waals surface area contributed by atoms with Crippen molar-refractivity contribution < 1.29 is 27.9 Å². The van der Waals surface area contributed by atoms with E-state index in [-0.39, 0.29) is 11.5 Å². The maximum atomic E-state index is 13.1. The van der Waals surface area contributed by atoms with Crippen molar-refractivity contribution in [3.05, 3.63) is 68.6 Å². The SMILES string of the molecule is Cn1c(=O)cc(C(=O)N2CCN(CCc3cccs3)CC2)c2ccccc21.O=C(O)C(F)(F)F. The van der Waals surface area contributed by atoms with Crippen LogP contribution in [-0.4, -0.2) is 70.3 Å². The maximum Gasteiger partial charge on any atom is 0.490 e. The molecule has 0 saturated carbocycles. The highest BCUT2D eigenvalue weighted by molar-refractivity contribution is 7.09. The summed E-state index contributed by atoms with van der Waals surface area (Å²) in [4.78, 5) is 40.0. The van der Waals surface area contributed by atoms with Crippen LogP contribution in [0.15, 0.2) is 52.6 Å². The first kappa shape index (κ1) is 25.4. The van der Waals surface area contributed by atoms with Crippen LogP contribution in [0.5, 0.6) is 0 Å². The Morgan fingerprint density at radius 2 is 1.71 bits per heavy atom. The summed E-state index contributed by atoms with van der Waals surface area (Å²) in [5.41, 5.74) is 1.16. The summed E-state index contributed by atoms with van der Waals surface area (Å²) in [7, 11) is 1.74. The molecule has 3 heterocycles. The third-order valence-electron chi connectivity index (χ3n) is 5.54. The van der Waals surface area contributed by atoms with E-state index in [1.807, 2.05) is 29.2 Å². The van der Waals surface area contributed by atoms with E-state index in [1.54, 1.807) is 23.0 Å². The zero-order valence-corrected chi connectivity index (χ0v) is 19.2. The molecular formula is C23H24F3N3O4S. The number of pyridine rings is 1. The number of benzene rings is 1. The first-order chi connectivity index (χ1) is 16.1. The summed E-state index contributed by atoms with van der Waals surface area (Å²) in [5.74, 6) is -2.80. The first-order valence-electron chi connectivity index (χ1n) is 10.5.